The average molecular weight is 363 g/mol. The summed E-state index contributed by atoms with van der Waals surface area (Å²) in [5, 5.41) is 5.54. The molecule has 0 bridgehead atoms. The molecule has 22 heavy (non-hydrogen) atoms. The highest BCUT2D eigenvalue weighted by atomic mass is 79.9. The van der Waals surface area contributed by atoms with Crippen LogP contribution in [0.2, 0.25) is 0 Å². The van der Waals surface area contributed by atoms with Gasteiger partial charge in [0.05, 0.1) is 6.54 Å². The van der Waals surface area contributed by atoms with Crippen LogP contribution >= 0.6 is 15.9 Å². The maximum Gasteiger partial charge on any atom is 0.319 e. The molecule has 0 heterocycles. The lowest BCUT2D eigenvalue weighted by atomic mass is 10.1. The first-order chi connectivity index (χ1) is 10.7. The number of amides is 2. The number of carbonyl (C=O) groups is 1. The topological polar surface area (TPSA) is 50.4 Å². The Hall–Kier alpha value is -2.01. The van der Waals surface area contributed by atoms with Crippen LogP contribution in [0.3, 0.4) is 0 Å². The van der Waals surface area contributed by atoms with E-state index in [-0.39, 0.29) is 6.03 Å². The molecule has 0 saturated heterocycles. The van der Waals surface area contributed by atoms with Crippen molar-refractivity contribution >= 4 is 27.6 Å². The molecular weight excluding hydrogens is 344 g/mol. The summed E-state index contributed by atoms with van der Waals surface area (Å²) >= 11 is 3.36. The predicted octanol–water partition coefficient (Wildman–Crippen LogP) is 4.21. The van der Waals surface area contributed by atoms with Crippen LogP contribution in [0, 0.1) is 0 Å². The van der Waals surface area contributed by atoms with Crippen molar-refractivity contribution in [1.29, 1.82) is 0 Å². The summed E-state index contributed by atoms with van der Waals surface area (Å²) in [6.07, 6.45) is 0.924. The van der Waals surface area contributed by atoms with E-state index >= 15 is 0 Å². The van der Waals surface area contributed by atoms with Crippen molar-refractivity contribution in [3.63, 3.8) is 0 Å². The standard InChI is InChI=1S/C17H19BrN2O2/c1-2-13-6-3-4-9-16(13)22-11-10-19-17(21)20-15-8-5-7-14(18)12-15/h3-9,12H,2,10-11H2,1H3,(H2,19,20,21). The lowest BCUT2D eigenvalue weighted by Crippen LogP contribution is -2.32. The summed E-state index contributed by atoms with van der Waals surface area (Å²) in [6, 6.07) is 15.1. The first-order valence-electron chi connectivity index (χ1n) is 7.20. The van der Waals surface area contributed by atoms with Gasteiger partial charge in [0.15, 0.2) is 0 Å². The van der Waals surface area contributed by atoms with Gasteiger partial charge in [-0.05, 0) is 36.2 Å². The van der Waals surface area contributed by atoms with Crippen molar-refractivity contribution in [3.05, 3.63) is 58.6 Å². The number of hydrogen-bond donors (Lipinski definition) is 2. The molecule has 0 aliphatic rings. The van der Waals surface area contributed by atoms with Gasteiger partial charge in [0.2, 0.25) is 0 Å². The van der Waals surface area contributed by atoms with E-state index in [0.717, 1.165) is 22.3 Å². The summed E-state index contributed by atoms with van der Waals surface area (Å²) in [7, 11) is 0. The van der Waals surface area contributed by atoms with Gasteiger partial charge in [-0.2, -0.15) is 0 Å². The Morgan fingerprint density at radius 2 is 2.00 bits per heavy atom. The van der Waals surface area contributed by atoms with Crippen LogP contribution in [-0.4, -0.2) is 19.2 Å². The summed E-state index contributed by atoms with van der Waals surface area (Å²) in [4.78, 5) is 11.8. The number of ether oxygens (including phenoxy) is 1. The van der Waals surface area contributed by atoms with Crippen molar-refractivity contribution < 1.29 is 9.53 Å². The third kappa shape index (κ3) is 5.07. The molecule has 2 aromatic carbocycles. The zero-order valence-electron chi connectivity index (χ0n) is 12.4. The molecule has 116 valence electrons. The Morgan fingerprint density at radius 1 is 1.18 bits per heavy atom. The van der Waals surface area contributed by atoms with Gasteiger partial charge in [0, 0.05) is 10.2 Å². The van der Waals surface area contributed by atoms with E-state index in [9.17, 15) is 4.79 Å². The average Bonchev–Trinajstić information content (AvgIpc) is 2.52. The summed E-state index contributed by atoms with van der Waals surface area (Å²) in [5.74, 6) is 0.874. The largest absolute Gasteiger partial charge is 0.491 e. The lowest BCUT2D eigenvalue weighted by Gasteiger charge is -2.11. The van der Waals surface area contributed by atoms with Gasteiger partial charge < -0.3 is 15.4 Å². The molecular formula is C17H19BrN2O2. The molecule has 2 aromatic rings. The van der Waals surface area contributed by atoms with Gasteiger partial charge in [0.1, 0.15) is 12.4 Å². The Labute approximate surface area is 139 Å². The molecule has 0 radical (unpaired) electrons. The van der Waals surface area contributed by atoms with E-state index in [1.165, 1.54) is 5.56 Å². The fraction of sp³-hybridized carbons (Fsp3) is 0.235. The number of carbonyl (C=O) groups excluding carboxylic acids is 1. The number of hydrogen-bond acceptors (Lipinski definition) is 2. The fourth-order valence-corrected chi connectivity index (χ4v) is 2.40. The van der Waals surface area contributed by atoms with Crippen molar-refractivity contribution in [2.75, 3.05) is 18.5 Å². The summed E-state index contributed by atoms with van der Waals surface area (Å²) in [5.41, 5.74) is 1.91. The first kappa shape index (κ1) is 16.4. The first-order valence-corrected chi connectivity index (χ1v) is 7.99. The van der Waals surface area contributed by atoms with E-state index in [1.54, 1.807) is 0 Å². The zero-order chi connectivity index (χ0) is 15.8. The summed E-state index contributed by atoms with van der Waals surface area (Å²) < 4.78 is 6.62. The number of anilines is 1. The normalized spacial score (nSPS) is 10.1. The molecule has 5 heteroatoms. The van der Waals surface area contributed by atoms with Gasteiger partial charge in [0.25, 0.3) is 0 Å². The second kappa shape index (κ2) is 8.44. The number of aryl methyl sites for hydroxylation is 1. The van der Waals surface area contributed by atoms with Crippen molar-refractivity contribution in [2.24, 2.45) is 0 Å². The number of benzene rings is 2. The number of rotatable bonds is 6. The number of halogens is 1. The van der Waals surface area contributed by atoms with Gasteiger partial charge in [-0.3, -0.25) is 0 Å². The molecule has 2 N–H and O–H groups in total. The van der Waals surface area contributed by atoms with E-state index in [4.69, 9.17) is 4.74 Å². The smallest absolute Gasteiger partial charge is 0.319 e. The second-order valence-electron chi connectivity index (χ2n) is 4.70. The van der Waals surface area contributed by atoms with E-state index in [1.807, 2.05) is 48.5 Å². The third-order valence-corrected chi connectivity index (χ3v) is 3.57. The minimum Gasteiger partial charge on any atom is -0.491 e. The van der Waals surface area contributed by atoms with Crippen LogP contribution in [0.25, 0.3) is 0 Å². The molecule has 0 aromatic heterocycles. The maximum absolute atomic E-state index is 11.8. The monoisotopic (exact) mass is 362 g/mol. The van der Waals surface area contributed by atoms with Crippen molar-refractivity contribution in [2.45, 2.75) is 13.3 Å². The van der Waals surface area contributed by atoms with Crippen molar-refractivity contribution in [3.8, 4) is 5.75 Å². The van der Waals surface area contributed by atoms with Crippen LogP contribution in [0.15, 0.2) is 53.0 Å². The molecule has 2 rings (SSSR count). The van der Waals surface area contributed by atoms with Crippen LogP contribution < -0.4 is 15.4 Å². The highest BCUT2D eigenvalue weighted by Crippen LogP contribution is 2.18. The van der Waals surface area contributed by atoms with Crippen LogP contribution in [0.5, 0.6) is 5.75 Å². The van der Waals surface area contributed by atoms with Crippen LogP contribution in [-0.2, 0) is 6.42 Å². The highest BCUT2D eigenvalue weighted by Gasteiger charge is 2.03. The van der Waals surface area contributed by atoms with E-state index in [2.05, 4.69) is 33.5 Å². The quantitative estimate of drug-likeness (QED) is 0.756. The number of nitrogens with one attached hydrogen (secondary N) is 2. The molecule has 0 saturated carbocycles. The van der Waals surface area contributed by atoms with Crippen LogP contribution in [0.4, 0.5) is 10.5 Å². The fourth-order valence-electron chi connectivity index (χ4n) is 2.00. The van der Waals surface area contributed by atoms with Gasteiger partial charge >= 0.3 is 6.03 Å². The lowest BCUT2D eigenvalue weighted by molar-refractivity contribution is 0.247. The zero-order valence-corrected chi connectivity index (χ0v) is 14.0. The SMILES string of the molecule is CCc1ccccc1OCCNC(=O)Nc1cccc(Br)c1. The van der Waals surface area contributed by atoms with E-state index in [0.29, 0.717) is 13.2 Å². The molecule has 4 nitrogen and oxygen atoms in total. The molecule has 0 aliphatic carbocycles. The minimum atomic E-state index is -0.245. The summed E-state index contributed by atoms with van der Waals surface area (Å²) in [6.45, 7) is 2.96. The van der Waals surface area contributed by atoms with Gasteiger partial charge in [-0.15, -0.1) is 0 Å². The second-order valence-corrected chi connectivity index (χ2v) is 5.62. The Morgan fingerprint density at radius 3 is 2.77 bits per heavy atom. The molecule has 0 fully saturated rings. The molecule has 2 amide bonds. The number of urea groups is 1. The Kier molecular flexibility index (Phi) is 6.27. The Bertz CT molecular complexity index is 632. The Balaban J connectivity index is 1.73. The highest BCUT2D eigenvalue weighted by molar-refractivity contribution is 9.10. The van der Waals surface area contributed by atoms with Gasteiger partial charge in [-0.25, -0.2) is 4.79 Å². The van der Waals surface area contributed by atoms with Gasteiger partial charge in [-0.1, -0.05) is 47.1 Å². The molecule has 0 unspecified atom stereocenters. The third-order valence-electron chi connectivity index (χ3n) is 3.08. The molecule has 0 atom stereocenters. The molecule has 0 aliphatic heterocycles. The minimum absolute atomic E-state index is 0.245. The van der Waals surface area contributed by atoms with Crippen LogP contribution in [0.1, 0.15) is 12.5 Å². The van der Waals surface area contributed by atoms with E-state index < -0.39 is 0 Å². The van der Waals surface area contributed by atoms with Crippen molar-refractivity contribution in [1.82, 2.24) is 5.32 Å². The predicted molar refractivity (Wildman–Crippen MR) is 92.5 cm³/mol. The maximum atomic E-state index is 11.8. The number of para-hydroxylation sites is 1. The molecule has 0 spiro atoms.